The van der Waals surface area contributed by atoms with Crippen molar-refractivity contribution in [1.82, 2.24) is 5.32 Å². The lowest BCUT2D eigenvalue weighted by Gasteiger charge is -2.27. The molecule has 0 saturated heterocycles. The molecule has 0 aliphatic heterocycles. The van der Waals surface area contributed by atoms with E-state index in [1.807, 2.05) is 0 Å². The fourth-order valence-electron chi connectivity index (χ4n) is 1.69. The van der Waals surface area contributed by atoms with Gasteiger partial charge in [-0.25, -0.2) is 0 Å². The number of carboxylic acids is 2. The Morgan fingerprint density at radius 2 is 1.68 bits per heavy atom. The summed E-state index contributed by atoms with van der Waals surface area (Å²) in [6.45, 7) is 2.38. The van der Waals surface area contributed by atoms with Gasteiger partial charge in [0.05, 0.1) is 11.9 Å². The van der Waals surface area contributed by atoms with Crippen LogP contribution in [0.5, 0.6) is 0 Å². The lowest BCUT2D eigenvalue weighted by molar-refractivity contribution is -0.140. The molecular weight excluding hydrogens is 414 g/mol. The van der Waals surface area contributed by atoms with Crippen molar-refractivity contribution in [2.24, 2.45) is 16.9 Å². The average molecular weight is 442 g/mol. The van der Waals surface area contributed by atoms with E-state index in [4.69, 9.17) is 26.8 Å². The van der Waals surface area contributed by atoms with Crippen LogP contribution >= 0.6 is 21.6 Å². The molecule has 0 aromatic heterocycles. The SMILES string of the molecule is CC(C)(CO)[C@H](O)C(=O)NCCC(=O)C(SSC[C@H](N)C(=O)O)[C@H](N)C(=O)O. The van der Waals surface area contributed by atoms with Crippen molar-refractivity contribution in [3.8, 4) is 0 Å². The van der Waals surface area contributed by atoms with E-state index in [0.717, 1.165) is 21.6 Å². The Hall–Kier alpha value is -1.38. The minimum atomic E-state index is -1.53. The van der Waals surface area contributed by atoms with E-state index in [0.29, 0.717) is 0 Å². The maximum atomic E-state index is 12.3. The molecule has 0 aliphatic carbocycles. The van der Waals surface area contributed by atoms with Crippen LogP contribution in [0.1, 0.15) is 20.3 Å². The fraction of sp³-hybridized carbons (Fsp3) is 0.733. The first-order valence-corrected chi connectivity index (χ1v) is 10.6. The third-order valence-corrected chi connectivity index (χ3v) is 6.57. The molecule has 11 nitrogen and oxygen atoms in total. The summed E-state index contributed by atoms with van der Waals surface area (Å²) in [5.41, 5.74) is 9.81. The molecule has 4 atom stereocenters. The summed E-state index contributed by atoms with van der Waals surface area (Å²) in [5, 5.41) is 38.0. The Morgan fingerprint density at radius 1 is 1.11 bits per heavy atom. The van der Waals surface area contributed by atoms with Crippen LogP contribution in [0.3, 0.4) is 0 Å². The Kier molecular flexibility index (Phi) is 11.6. The second-order valence-electron chi connectivity index (χ2n) is 6.67. The molecule has 1 amide bonds. The van der Waals surface area contributed by atoms with Gasteiger partial charge >= 0.3 is 11.9 Å². The van der Waals surface area contributed by atoms with Crippen LogP contribution in [0.25, 0.3) is 0 Å². The third-order valence-electron chi connectivity index (χ3n) is 3.73. The van der Waals surface area contributed by atoms with Crippen LogP contribution < -0.4 is 16.8 Å². The molecule has 28 heavy (non-hydrogen) atoms. The number of aliphatic carboxylic acids is 2. The number of Topliss-reactive ketones (excluding diaryl/α,β-unsaturated/α-hetero) is 1. The minimum absolute atomic E-state index is 0.0602. The summed E-state index contributed by atoms with van der Waals surface area (Å²) in [7, 11) is 1.72. The van der Waals surface area contributed by atoms with Crippen LogP contribution in [0.15, 0.2) is 0 Å². The molecule has 13 heteroatoms. The number of rotatable bonds is 14. The van der Waals surface area contributed by atoms with Gasteiger partial charge in [-0.15, -0.1) is 0 Å². The third kappa shape index (κ3) is 8.75. The second-order valence-corrected chi connectivity index (χ2v) is 9.22. The number of nitrogens with one attached hydrogen (secondary N) is 1. The Bertz CT molecular complexity index is 575. The number of hydrogen-bond donors (Lipinski definition) is 7. The zero-order valence-electron chi connectivity index (χ0n) is 15.5. The van der Waals surface area contributed by atoms with Gasteiger partial charge in [0.2, 0.25) is 5.91 Å². The summed E-state index contributed by atoms with van der Waals surface area (Å²) in [6.07, 6.45) is -1.74. The molecule has 162 valence electrons. The normalized spacial score (nSPS) is 15.9. The molecule has 0 radical (unpaired) electrons. The molecule has 9 N–H and O–H groups in total. The molecule has 0 aliphatic rings. The highest BCUT2D eigenvalue weighted by atomic mass is 33.1. The topological polar surface area (TPSA) is 213 Å². The van der Waals surface area contributed by atoms with Crippen LogP contribution in [0, 0.1) is 5.41 Å². The van der Waals surface area contributed by atoms with Crippen LogP contribution in [0.2, 0.25) is 0 Å². The summed E-state index contributed by atoms with van der Waals surface area (Å²) < 4.78 is 0. The van der Waals surface area contributed by atoms with Gasteiger partial charge in [-0.05, 0) is 0 Å². The molecule has 1 unspecified atom stereocenters. The number of nitrogens with two attached hydrogens (primary N) is 2. The van der Waals surface area contributed by atoms with E-state index in [1.54, 1.807) is 0 Å². The summed E-state index contributed by atoms with van der Waals surface area (Å²) in [6, 6.07) is -2.70. The molecule has 0 aromatic carbocycles. The molecule has 0 spiro atoms. The maximum absolute atomic E-state index is 12.3. The molecule has 0 bridgehead atoms. The number of aliphatic hydroxyl groups is 2. The number of carbonyl (C=O) groups is 4. The van der Waals surface area contributed by atoms with Gasteiger partial charge in [-0.1, -0.05) is 35.4 Å². The average Bonchev–Trinajstić information content (AvgIpc) is 2.63. The summed E-state index contributed by atoms with van der Waals surface area (Å²) in [5.74, 6) is -4.04. The lowest BCUT2D eigenvalue weighted by atomic mass is 9.87. The van der Waals surface area contributed by atoms with Gasteiger partial charge in [0.1, 0.15) is 18.2 Å². The smallest absolute Gasteiger partial charge is 0.322 e. The second kappa shape index (κ2) is 12.2. The lowest BCUT2D eigenvalue weighted by Crippen LogP contribution is -2.47. The van der Waals surface area contributed by atoms with Gasteiger partial charge in [-0.2, -0.15) is 0 Å². The van der Waals surface area contributed by atoms with Crippen molar-refractivity contribution in [2.45, 2.75) is 43.7 Å². The standard InChI is InChI=1S/C15H27N3O8S2/c1-15(2,6-19)11(21)12(22)18-4-3-8(20)10(9(17)14(25)26)28-27-5-7(16)13(23)24/h7,9-11,19,21H,3-6,16-17H2,1-2H3,(H,18,22)(H,23,24)(H,25,26)/t7-,9-,10?,11+/m0/s1. The predicted molar refractivity (Wildman–Crippen MR) is 105 cm³/mol. The first-order valence-electron chi connectivity index (χ1n) is 8.19. The zero-order valence-corrected chi connectivity index (χ0v) is 17.2. The number of carboxylic acid groups (broad SMARTS) is 2. The number of ketones is 1. The Balaban J connectivity index is 4.73. The van der Waals surface area contributed by atoms with Crippen molar-refractivity contribution in [1.29, 1.82) is 0 Å². The Morgan fingerprint density at radius 3 is 2.14 bits per heavy atom. The number of amides is 1. The van der Waals surface area contributed by atoms with Crippen LogP contribution in [-0.4, -0.2) is 86.4 Å². The fourth-order valence-corrected chi connectivity index (χ4v) is 4.46. The van der Waals surface area contributed by atoms with Gasteiger partial charge in [0.15, 0.2) is 5.78 Å². The highest BCUT2D eigenvalue weighted by molar-refractivity contribution is 8.77. The monoisotopic (exact) mass is 441 g/mol. The molecule has 0 rings (SSSR count). The first-order chi connectivity index (χ1) is 12.8. The van der Waals surface area contributed by atoms with E-state index in [-0.39, 0.29) is 18.7 Å². The molecule has 0 fully saturated rings. The van der Waals surface area contributed by atoms with Gasteiger partial charge in [-0.3, -0.25) is 19.2 Å². The number of aliphatic hydroxyl groups excluding tert-OH is 2. The predicted octanol–water partition coefficient (Wildman–Crippen LogP) is -1.98. The zero-order chi connectivity index (χ0) is 22.1. The van der Waals surface area contributed by atoms with Crippen molar-refractivity contribution >= 4 is 45.2 Å². The van der Waals surface area contributed by atoms with Crippen molar-refractivity contribution in [3.63, 3.8) is 0 Å². The summed E-state index contributed by atoms with van der Waals surface area (Å²) in [4.78, 5) is 46.0. The minimum Gasteiger partial charge on any atom is -0.480 e. The molecule has 0 saturated carbocycles. The van der Waals surface area contributed by atoms with E-state index in [9.17, 15) is 24.3 Å². The van der Waals surface area contributed by atoms with E-state index >= 15 is 0 Å². The highest BCUT2D eigenvalue weighted by Gasteiger charge is 2.34. The van der Waals surface area contributed by atoms with Crippen LogP contribution in [-0.2, 0) is 19.2 Å². The van der Waals surface area contributed by atoms with Crippen molar-refractivity contribution in [2.75, 3.05) is 18.9 Å². The Labute approximate surface area is 170 Å². The van der Waals surface area contributed by atoms with E-state index in [1.165, 1.54) is 13.8 Å². The highest BCUT2D eigenvalue weighted by Crippen LogP contribution is 2.30. The van der Waals surface area contributed by atoms with Gasteiger partial charge in [0.25, 0.3) is 0 Å². The van der Waals surface area contributed by atoms with Crippen molar-refractivity contribution < 1.29 is 39.6 Å². The largest absolute Gasteiger partial charge is 0.480 e. The van der Waals surface area contributed by atoms with Crippen LogP contribution in [0.4, 0.5) is 0 Å². The van der Waals surface area contributed by atoms with E-state index < -0.39 is 59.1 Å². The first kappa shape index (κ1) is 26.6. The number of hydrogen-bond acceptors (Lipinski definition) is 10. The maximum Gasteiger partial charge on any atom is 0.322 e. The van der Waals surface area contributed by atoms with Gasteiger partial charge in [0, 0.05) is 24.1 Å². The van der Waals surface area contributed by atoms with Gasteiger partial charge < -0.3 is 37.2 Å². The number of carbonyl (C=O) groups excluding carboxylic acids is 2. The molecule has 0 heterocycles. The molecule has 0 aromatic rings. The van der Waals surface area contributed by atoms with E-state index in [2.05, 4.69) is 5.32 Å². The van der Waals surface area contributed by atoms with Crippen molar-refractivity contribution in [3.05, 3.63) is 0 Å². The quantitative estimate of drug-likeness (QED) is 0.146. The summed E-state index contributed by atoms with van der Waals surface area (Å²) >= 11 is 0. The molecular formula is C15H27N3O8S2.